The lowest BCUT2D eigenvalue weighted by Crippen LogP contribution is -2.33. The van der Waals surface area contributed by atoms with E-state index in [1.54, 1.807) is 31.3 Å². The molecule has 1 amide bonds. The molecule has 2 N–H and O–H groups in total. The Balaban J connectivity index is 1.68. The van der Waals surface area contributed by atoms with Gasteiger partial charge in [0.2, 0.25) is 0 Å². The highest BCUT2D eigenvalue weighted by Gasteiger charge is 2.16. The quantitative estimate of drug-likeness (QED) is 0.409. The van der Waals surface area contributed by atoms with Crippen molar-refractivity contribution in [1.82, 2.24) is 10.4 Å². The molecule has 1 atom stereocenters. The number of phenols is 1. The molecule has 3 rings (SSSR count). The van der Waals surface area contributed by atoms with E-state index in [2.05, 4.69) is 47.4 Å². The minimum Gasteiger partial charge on any atom is -0.506 e. The third-order valence-corrected chi connectivity index (χ3v) is 4.77. The Kier molecular flexibility index (Phi) is 6.08. The molecule has 0 radical (unpaired) electrons. The second kappa shape index (κ2) is 8.49. The molecule has 0 aliphatic rings. The number of ether oxygens (including phenoxy) is 1. The highest BCUT2D eigenvalue weighted by atomic mass is 79.9. The fourth-order valence-electron chi connectivity index (χ4n) is 2.36. The molecule has 0 fully saturated rings. The van der Waals surface area contributed by atoms with Crippen LogP contribution in [0.25, 0.3) is 10.9 Å². The number of rotatable bonds is 5. The number of phenolic OH excluding ortho intramolecular Hbond substituents is 1. The Bertz CT molecular complexity index is 1020. The number of halogens is 2. The van der Waals surface area contributed by atoms with E-state index in [4.69, 9.17) is 4.74 Å². The second-order valence-corrected chi connectivity index (χ2v) is 7.42. The molecular formula is C19H15Br2N3O3. The first-order valence-electron chi connectivity index (χ1n) is 7.97. The molecule has 8 heteroatoms. The van der Waals surface area contributed by atoms with Crippen LogP contribution in [-0.4, -0.2) is 28.3 Å². The van der Waals surface area contributed by atoms with Gasteiger partial charge in [-0.3, -0.25) is 9.78 Å². The zero-order valence-electron chi connectivity index (χ0n) is 14.2. The van der Waals surface area contributed by atoms with Crippen molar-refractivity contribution in [3.63, 3.8) is 0 Å². The summed E-state index contributed by atoms with van der Waals surface area (Å²) in [6.45, 7) is 1.62. The third kappa shape index (κ3) is 4.64. The van der Waals surface area contributed by atoms with Crippen LogP contribution in [0.1, 0.15) is 12.5 Å². The van der Waals surface area contributed by atoms with Gasteiger partial charge in [0.1, 0.15) is 17.0 Å². The first-order valence-corrected chi connectivity index (χ1v) is 9.55. The Morgan fingerprint density at radius 1 is 1.30 bits per heavy atom. The van der Waals surface area contributed by atoms with Crippen molar-refractivity contribution in [2.75, 3.05) is 0 Å². The number of benzene rings is 2. The van der Waals surface area contributed by atoms with Crippen LogP contribution >= 0.6 is 31.9 Å². The van der Waals surface area contributed by atoms with Crippen molar-refractivity contribution in [2.24, 2.45) is 5.10 Å². The standard InChI is InChI=1S/C19H15Br2N3O3/c1-11(27-16-6-2-4-12-5-3-7-22-17(12)16)19(26)24-23-10-13-8-14(20)9-15(21)18(13)25/h2-11,25H,1H3,(H,24,26)/b23-10-/t11-/m1/s1. The first kappa shape index (κ1) is 19.3. The van der Waals surface area contributed by atoms with Crippen molar-refractivity contribution in [2.45, 2.75) is 13.0 Å². The summed E-state index contributed by atoms with van der Waals surface area (Å²) in [5, 5.41) is 14.8. The number of carbonyl (C=O) groups is 1. The van der Waals surface area contributed by atoms with Gasteiger partial charge in [-0.05, 0) is 47.1 Å². The largest absolute Gasteiger partial charge is 0.506 e. The van der Waals surface area contributed by atoms with E-state index in [1.165, 1.54) is 6.21 Å². The van der Waals surface area contributed by atoms with Gasteiger partial charge in [-0.15, -0.1) is 0 Å². The lowest BCUT2D eigenvalue weighted by atomic mass is 10.2. The minimum atomic E-state index is -0.780. The number of hydrogen-bond acceptors (Lipinski definition) is 5. The van der Waals surface area contributed by atoms with Gasteiger partial charge < -0.3 is 9.84 Å². The van der Waals surface area contributed by atoms with Crippen LogP contribution in [0.3, 0.4) is 0 Å². The monoisotopic (exact) mass is 491 g/mol. The zero-order valence-corrected chi connectivity index (χ0v) is 17.4. The number of aromatic hydroxyl groups is 1. The second-order valence-electron chi connectivity index (χ2n) is 5.65. The van der Waals surface area contributed by atoms with E-state index < -0.39 is 12.0 Å². The highest BCUT2D eigenvalue weighted by Crippen LogP contribution is 2.30. The predicted octanol–water partition coefficient (Wildman–Crippen LogP) is 4.38. The number of hydrogen-bond donors (Lipinski definition) is 2. The molecule has 6 nitrogen and oxygen atoms in total. The van der Waals surface area contributed by atoms with E-state index in [0.717, 1.165) is 9.86 Å². The number of para-hydroxylation sites is 1. The maximum absolute atomic E-state index is 12.2. The van der Waals surface area contributed by atoms with E-state index in [1.807, 2.05) is 24.3 Å². The van der Waals surface area contributed by atoms with Crippen LogP contribution in [0.15, 0.2) is 62.7 Å². The summed E-state index contributed by atoms with van der Waals surface area (Å²) in [4.78, 5) is 16.5. The Labute approximate surface area is 172 Å². The van der Waals surface area contributed by atoms with Crippen LogP contribution in [0, 0.1) is 0 Å². The van der Waals surface area contributed by atoms with Gasteiger partial charge in [0.25, 0.3) is 5.91 Å². The van der Waals surface area contributed by atoms with Crippen LogP contribution < -0.4 is 10.2 Å². The molecule has 2 aromatic carbocycles. The topological polar surface area (TPSA) is 83.8 Å². The number of nitrogens with one attached hydrogen (secondary N) is 1. The summed E-state index contributed by atoms with van der Waals surface area (Å²) >= 11 is 6.57. The number of amides is 1. The SMILES string of the molecule is C[C@@H](Oc1cccc2cccnc12)C(=O)N/N=C\c1cc(Br)cc(Br)c1O. The number of hydrazone groups is 1. The van der Waals surface area contributed by atoms with Gasteiger partial charge in [0, 0.05) is 21.6 Å². The van der Waals surface area contributed by atoms with Gasteiger partial charge >= 0.3 is 0 Å². The fourth-order valence-corrected chi connectivity index (χ4v) is 3.61. The van der Waals surface area contributed by atoms with Crippen molar-refractivity contribution >= 4 is 54.9 Å². The Hall–Kier alpha value is -2.45. The van der Waals surface area contributed by atoms with Gasteiger partial charge in [0.15, 0.2) is 6.10 Å². The third-order valence-electron chi connectivity index (χ3n) is 3.70. The molecule has 0 aliphatic heterocycles. The molecule has 0 bridgehead atoms. The summed E-state index contributed by atoms with van der Waals surface area (Å²) in [5.74, 6) is 0.128. The molecule has 3 aromatic rings. The molecule has 1 heterocycles. The summed E-state index contributed by atoms with van der Waals surface area (Å²) in [7, 11) is 0. The maximum atomic E-state index is 12.2. The molecule has 0 saturated heterocycles. The lowest BCUT2D eigenvalue weighted by Gasteiger charge is -2.14. The smallest absolute Gasteiger partial charge is 0.280 e. The van der Waals surface area contributed by atoms with E-state index in [-0.39, 0.29) is 5.75 Å². The number of nitrogens with zero attached hydrogens (tertiary/aromatic N) is 2. The number of pyridine rings is 1. The molecular weight excluding hydrogens is 478 g/mol. The van der Waals surface area contributed by atoms with Crippen LogP contribution in [0.5, 0.6) is 11.5 Å². The van der Waals surface area contributed by atoms with Gasteiger partial charge in [-0.1, -0.05) is 34.1 Å². The fraction of sp³-hybridized carbons (Fsp3) is 0.105. The van der Waals surface area contributed by atoms with Crippen LogP contribution in [-0.2, 0) is 4.79 Å². The molecule has 0 saturated carbocycles. The van der Waals surface area contributed by atoms with E-state index >= 15 is 0 Å². The molecule has 0 aliphatic carbocycles. The zero-order chi connectivity index (χ0) is 19.4. The average molecular weight is 493 g/mol. The normalized spacial score (nSPS) is 12.3. The lowest BCUT2D eigenvalue weighted by molar-refractivity contribution is -0.127. The van der Waals surface area contributed by atoms with Crippen LogP contribution in [0.4, 0.5) is 0 Å². The minimum absolute atomic E-state index is 0.0299. The predicted molar refractivity (Wildman–Crippen MR) is 111 cm³/mol. The van der Waals surface area contributed by atoms with Gasteiger partial charge in [0.05, 0.1) is 10.7 Å². The summed E-state index contributed by atoms with van der Waals surface area (Å²) in [6.07, 6.45) is 2.25. The molecule has 0 spiro atoms. The number of fused-ring (bicyclic) bond motifs is 1. The van der Waals surface area contributed by atoms with Crippen molar-refractivity contribution in [3.8, 4) is 11.5 Å². The molecule has 0 unspecified atom stereocenters. The summed E-state index contributed by atoms with van der Waals surface area (Å²) in [6, 6.07) is 12.7. The van der Waals surface area contributed by atoms with E-state index in [0.29, 0.717) is 21.3 Å². The maximum Gasteiger partial charge on any atom is 0.280 e. The van der Waals surface area contributed by atoms with E-state index in [9.17, 15) is 9.90 Å². The van der Waals surface area contributed by atoms with Gasteiger partial charge in [-0.25, -0.2) is 5.43 Å². The molecule has 1 aromatic heterocycles. The number of aromatic nitrogens is 1. The van der Waals surface area contributed by atoms with Crippen LogP contribution in [0.2, 0.25) is 0 Å². The van der Waals surface area contributed by atoms with Crippen molar-refractivity contribution in [3.05, 3.63) is 63.2 Å². The Morgan fingerprint density at radius 3 is 2.89 bits per heavy atom. The summed E-state index contributed by atoms with van der Waals surface area (Å²) < 4.78 is 7.02. The van der Waals surface area contributed by atoms with Crippen molar-refractivity contribution < 1.29 is 14.6 Å². The Morgan fingerprint density at radius 2 is 2.07 bits per heavy atom. The first-order chi connectivity index (χ1) is 13.0. The molecule has 138 valence electrons. The van der Waals surface area contributed by atoms with Gasteiger partial charge in [-0.2, -0.15) is 5.10 Å². The highest BCUT2D eigenvalue weighted by molar-refractivity contribution is 9.11. The van der Waals surface area contributed by atoms with Crippen molar-refractivity contribution in [1.29, 1.82) is 0 Å². The molecule has 27 heavy (non-hydrogen) atoms. The average Bonchev–Trinajstić information content (AvgIpc) is 2.65. The number of carbonyl (C=O) groups excluding carboxylic acids is 1. The summed E-state index contributed by atoms with van der Waals surface area (Å²) in [5.41, 5.74) is 3.54.